The first-order valence-electron chi connectivity index (χ1n) is 7.66. The molecule has 3 rings (SSSR count). The van der Waals surface area contributed by atoms with Crippen LogP contribution in [0.3, 0.4) is 0 Å². The van der Waals surface area contributed by atoms with Crippen molar-refractivity contribution in [3.63, 3.8) is 0 Å². The first-order chi connectivity index (χ1) is 10.3. The van der Waals surface area contributed by atoms with E-state index >= 15 is 0 Å². The molecule has 114 valence electrons. The molecule has 0 saturated carbocycles. The molecule has 0 spiro atoms. The van der Waals surface area contributed by atoms with Crippen molar-refractivity contribution in [2.24, 2.45) is 0 Å². The third-order valence-electron chi connectivity index (χ3n) is 3.98. The van der Waals surface area contributed by atoms with Crippen LogP contribution in [0.15, 0.2) is 24.3 Å². The van der Waals surface area contributed by atoms with Gasteiger partial charge in [-0.3, -0.25) is 4.79 Å². The Hall–Kier alpha value is -1.59. The van der Waals surface area contributed by atoms with E-state index < -0.39 is 0 Å². The number of benzene rings is 1. The monoisotopic (exact) mass is 290 g/mol. The lowest BCUT2D eigenvalue weighted by Gasteiger charge is -2.26. The van der Waals surface area contributed by atoms with E-state index in [2.05, 4.69) is 10.6 Å². The summed E-state index contributed by atoms with van der Waals surface area (Å²) in [6.07, 6.45) is 3.29. The summed E-state index contributed by atoms with van der Waals surface area (Å²) in [5, 5.41) is 6.25. The summed E-state index contributed by atoms with van der Waals surface area (Å²) in [5.41, 5.74) is 1.07. The van der Waals surface area contributed by atoms with Crippen molar-refractivity contribution in [3.8, 4) is 5.75 Å². The van der Waals surface area contributed by atoms with Crippen LogP contribution in [0, 0.1) is 0 Å². The lowest BCUT2D eigenvalue weighted by atomic mass is 10.0. The van der Waals surface area contributed by atoms with E-state index in [9.17, 15) is 4.79 Å². The Bertz CT molecular complexity index is 486. The second-order valence-electron chi connectivity index (χ2n) is 5.56. The zero-order valence-corrected chi connectivity index (χ0v) is 12.1. The van der Waals surface area contributed by atoms with E-state index in [0.717, 1.165) is 43.7 Å². The molecular formula is C16H22N2O3. The van der Waals surface area contributed by atoms with E-state index in [1.807, 2.05) is 24.3 Å². The molecule has 1 aromatic rings. The molecule has 5 nitrogen and oxygen atoms in total. The second kappa shape index (κ2) is 6.91. The largest absolute Gasteiger partial charge is 0.493 e. The number of fused-ring (bicyclic) bond motifs is 1. The summed E-state index contributed by atoms with van der Waals surface area (Å²) in [7, 11) is 0. The van der Waals surface area contributed by atoms with E-state index in [0.29, 0.717) is 13.2 Å². The Balaban J connectivity index is 1.46. The molecule has 5 heteroatoms. The van der Waals surface area contributed by atoms with E-state index in [4.69, 9.17) is 9.47 Å². The first kappa shape index (κ1) is 14.4. The zero-order valence-electron chi connectivity index (χ0n) is 12.1. The average Bonchev–Trinajstić information content (AvgIpc) is 3.01. The highest BCUT2D eigenvalue weighted by Gasteiger charge is 2.22. The summed E-state index contributed by atoms with van der Waals surface area (Å²) < 4.78 is 11.1. The fraction of sp³-hybridized carbons (Fsp3) is 0.562. The van der Waals surface area contributed by atoms with Crippen molar-refractivity contribution in [2.45, 2.75) is 31.4 Å². The smallest absolute Gasteiger partial charge is 0.234 e. The van der Waals surface area contributed by atoms with E-state index in [1.165, 1.54) is 0 Å². The van der Waals surface area contributed by atoms with Crippen molar-refractivity contribution in [1.82, 2.24) is 10.6 Å². The van der Waals surface area contributed by atoms with Crippen LogP contribution in [0.1, 0.15) is 30.9 Å². The summed E-state index contributed by atoms with van der Waals surface area (Å²) >= 11 is 0. The van der Waals surface area contributed by atoms with Crippen LogP contribution in [-0.2, 0) is 9.53 Å². The third-order valence-corrected chi connectivity index (χ3v) is 3.98. The van der Waals surface area contributed by atoms with Crippen LogP contribution in [0.4, 0.5) is 0 Å². The van der Waals surface area contributed by atoms with Crippen LogP contribution in [-0.4, -0.2) is 38.3 Å². The SMILES string of the molecule is O=C(CNCC1CCCO1)NC1CCOc2ccccc21. The van der Waals surface area contributed by atoms with E-state index in [1.54, 1.807) is 0 Å². The fourth-order valence-corrected chi connectivity index (χ4v) is 2.89. The molecule has 0 aromatic heterocycles. The van der Waals surface area contributed by atoms with Gasteiger partial charge < -0.3 is 20.1 Å². The molecular weight excluding hydrogens is 268 g/mol. The van der Waals surface area contributed by atoms with Gasteiger partial charge in [-0.1, -0.05) is 18.2 Å². The van der Waals surface area contributed by atoms with Crippen LogP contribution < -0.4 is 15.4 Å². The Kier molecular flexibility index (Phi) is 4.72. The number of hydrogen-bond donors (Lipinski definition) is 2. The molecule has 2 heterocycles. The summed E-state index contributed by atoms with van der Waals surface area (Å²) in [6, 6.07) is 7.93. The molecule has 2 aliphatic rings. The Morgan fingerprint density at radius 2 is 2.14 bits per heavy atom. The van der Waals surface area contributed by atoms with Gasteiger partial charge in [0.15, 0.2) is 0 Å². The number of carbonyl (C=O) groups is 1. The minimum atomic E-state index is 0.0229. The van der Waals surface area contributed by atoms with Crippen molar-refractivity contribution in [2.75, 3.05) is 26.3 Å². The predicted molar refractivity (Wildman–Crippen MR) is 79.3 cm³/mol. The summed E-state index contributed by atoms with van der Waals surface area (Å²) in [4.78, 5) is 12.0. The number of carbonyl (C=O) groups excluding carboxylic acids is 1. The molecule has 21 heavy (non-hydrogen) atoms. The first-order valence-corrected chi connectivity index (χ1v) is 7.66. The molecule has 0 aliphatic carbocycles. The van der Waals surface area contributed by atoms with Crippen LogP contribution in [0.25, 0.3) is 0 Å². The van der Waals surface area contributed by atoms with Crippen molar-refractivity contribution in [1.29, 1.82) is 0 Å². The van der Waals surface area contributed by atoms with Gasteiger partial charge >= 0.3 is 0 Å². The Labute approximate surface area is 125 Å². The van der Waals surface area contributed by atoms with Crippen LogP contribution in [0.2, 0.25) is 0 Å². The van der Waals surface area contributed by atoms with Gasteiger partial charge in [-0.15, -0.1) is 0 Å². The standard InChI is InChI=1S/C16H22N2O3/c19-16(11-17-10-12-4-3-8-20-12)18-14-7-9-21-15-6-2-1-5-13(14)15/h1-2,5-6,12,14,17H,3-4,7-11H2,(H,18,19). The second-order valence-corrected chi connectivity index (χ2v) is 5.56. The maximum atomic E-state index is 12.0. The van der Waals surface area contributed by atoms with Gasteiger partial charge in [0.1, 0.15) is 5.75 Å². The minimum Gasteiger partial charge on any atom is -0.493 e. The number of para-hydroxylation sites is 1. The molecule has 2 N–H and O–H groups in total. The van der Waals surface area contributed by atoms with Gasteiger partial charge in [-0.2, -0.15) is 0 Å². The number of hydrogen-bond acceptors (Lipinski definition) is 4. The highest BCUT2D eigenvalue weighted by Crippen LogP contribution is 2.31. The van der Waals surface area contributed by atoms with Crippen molar-refractivity contribution >= 4 is 5.91 Å². The van der Waals surface area contributed by atoms with Crippen molar-refractivity contribution < 1.29 is 14.3 Å². The Morgan fingerprint density at radius 3 is 3.00 bits per heavy atom. The van der Waals surface area contributed by atoms with Gasteiger partial charge in [0.05, 0.1) is 25.3 Å². The molecule has 1 amide bonds. The van der Waals surface area contributed by atoms with Gasteiger partial charge in [0, 0.05) is 25.1 Å². The molecule has 0 bridgehead atoms. The van der Waals surface area contributed by atoms with Gasteiger partial charge in [-0.25, -0.2) is 0 Å². The van der Waals surface area contributed by atoms with Crippen molar-refractivity contribution in [3.05, 3.63) is 29.8 Å². The molecule has 1 fully saturated rings. The minimum absolute atomic E-state index is 0.0229. The molecule has 2 atom stereocenters. The molecule has 2 unspecified atom stereocenters. The number of nitrogens with one attached hydrogen (secondary N) is 2. The number of ether oxygens (including phenoxy) is 2. The normalized spacial score (nSPS) is 24.2. The quantitative estimate of drug-likeness (QED) is 0.860. The maximum absolute atomic E-state index is 12.0. The highest BCUT2D eigenvalue weighted by molar-refractivity contribution is 5.78. The number of rotatable bonds is 5. The average molecular weight is 290 g/mol. The summed E-state index contributed by atoms with van der Waals surface area (Å²) in [6.45, 7) is 2.57. The predicted octanol–water partition coefficient (Wildman–Crippen LogP) is 1.39. The highest BCUT2D eigenvalue weighted by atomic mass is 16.5. The Morgan fingerprint density at radius 1 is 1.24 bits per heavy atom. The molecule has 1 aromatic carbocycles. The lowest BCUT2D eigenvalue weighted by Crippen LogP contribution is -2.40. The molecule has 1 saturated heterocycles. The summed E-state index contributed by atoms with van der Waals surface area (Å²) in [5.74, 6) is 0.899. The molecule has 0 radical (unpaired) electrons. The van der Waals surface area contributed by atoms with Gasteiger partial charge in [-0.05, 0) is 18.9 Å². The molecule has 2 aliphatic heterocycles. The topological polar surface area (TPSA) is 59.6 Å². The van der Waals surface area contributed by atoms with Crippen LogP contribution >= 0.6 is 0 Å². The van der Waals surface area contributed by atoms with Crippen LogP contribution in [0.5, 0.6) is 5.75 Å². The van der Waals surface area contributed by atoms with Gasteiger partial charge in [0.2, 0.25) is 5.91 Å². The fourth-order valence-electron chi connectivity index (χ4n) is 2.89. The lowest BCUT2D eigenvalue weighted by molar-refractivity contribution is -0.121. The third kappa shape index (κ3) is 3.74. The van der Waals surface area contributed by atoms with E-state index in [-0.39, 0.29) is 18.1 Å². The maximum Gasteiger partial charge on any atom is 0.234 e. The van der Waals surface area contributed by atoms with Gasteiger partial charge in [0.25, 0.3) is 0 Å². The number of amides is 1. The zero-order chi connectivity index (χ0) is 14.5.